The number of aromatic nitrogens is 1. The van der Waals surface area contributed by atoms with E-state index in [0.29, 0.717) is 0 Å². The van der Waals surface area contributed by atoms with Crippen molar-refractivity contribution in [3.05, 3.63) is 266 Å². The third kappa shape index (κ3) is 6.95. The van der Waals surface area contributed by atoms with Gasteiger partial charge in [0.05, 0.1) is 11.0 Å². The van der Waals surface area contributed by atoms with E-state index in [9.17, 15) is 0 Å². The third-order valence-corrected chi connectivity index (χ3v) is 14.6. The van der Waals surface area contributed by atoms with Crippen LogP contribution >= 0.6 is 0 Å². The fraction of sp³-hybridized carbons (Fsp3) is 0.0448. The molecule has 0 saturated carbocycles. The average molecular weight is 881 g/mol. The molecular weight excluding hydrogens is 833 g/mol. The first-order valence-corrected chi connectivity index (χ1v) is 24.0. The van der Waals surface area contributed by atoms with Crippen LogP contribution < -0.4 is 4.90 Å². The molecule has 0 radical (unpaired) electrons. The molecule has 1 heterocycles. The summed E-state index contributed by atoms with van der Waals surface area (Å²) >= 11 is 0. The second kappa shape index (κ2) is 16.3. The van der Waals surface area contributed by atoms with Gasteiger partial charge in [0.2, 0.25) is 0 Å². The van der Waals surface area contributed by atoms with Gasteiger partial charge < -0.3 is 9.47 Å². The Morgan fingerprint density at radius 1 is 0.304 bits per heavy atom. The zero-order valence-electron chi connectivity index (χ0n) is 38.6. The monoisotopic (exact) mass is 880 g/mol. The molecule has 0 bridgehead atoms. The van der Waals surface area contributed by atoms with Crippen molar-refractivity contribution >= 4 is 49.6 Å². The van der Waals surface area contributed by atoms with Crippen LogP contribution in [0.2, 0.25) is 0 Å². The molecule has 326 valence electrons. The molecule has 11 aromatic carbocycles. The van der Waals surface area contributed by atoms with Gasteiger partial charge in [-0.05, 0) is 150 Å². The van der Waals surface area contributed by atoms with Crippen LogP contribution in [0.4, 0.5) is 17.1 Å². The summed E-state index contributed by atoms with van der Waals surface area (Å²) in [5.41, 5.74) is 21.8. The van der Waals surface area contributed by atoms with E-state index in [1.807, 2.05) is 0 Å². The maximum absolute atomic E-state index is 2.41. The average Bonchev–Trinajstić information content (AvgIpc) is 3.86. The molecule has 69 heavy (non-hydrogen) atoms. The fourth-order valence-electron chi connectivity index (χ4n) is 11.0. The highest BCUT2D eigenvalue weighted by molar-refractivity contribution is 6.10. The van der Waals surface area contributed by atoms with Crippen molar-refractivity contribution in [2.24, 2.45) is 0 Å². The van der Waals surface area contributed by atoms with E-state index in [2.05, 4.69) is 278 Å². The highest BCUT2D eigenvalue weighted by Gasteiger charge is 2.35. The Morgan fingerprint density at radius 2 is 0.783 bits per heavy atom. The predicted molar refractivity (Wildman–Crippen MR) is 292 cm³/mol. The zero-order chi connectivity index (χ0) is 46.1. The van der Waals surface area contributed by atoms with Gasteiger partial charge in [-0.15, -0.1) is 0 Å². The van der Waals surface area contributed by atoms with Crippen LogP contribution in [0.15, 0.2) is 255 Å². The number of fused-ring (bicyclic) bond motifs is 7. The largest absolute Gasteiger partial charge is 0.310 e. The Kier molecular flexibility index (Phi) is 9.55. The van der Waals surface area contributed by atoms with Crippen molar-refractivity contribution in [2.45, 2.75) is 19.3 Å². The lowest BCUT2D eigenvalue weighted by Gasteiger charge is -2.28. The van der Waals surface area contributed by atoms with Crippen LogP contribution in [-0.2, 0) is 5.41 Å². The van der Waals surface area contributed by atoms with E-state index in [1.165, 1.54) is 99.3 Å². The summed E-state index contributed by atoms with van der Waals surface area (Å²) in [5, 5.41) is 5.01. The number of rotatable bonds is 8. The molecule has 0 N–H and O–H groups in total. The lowest BCUT2D eigenvalue weighted by molar-refractivity contribution is 0.660. The van der Waals surface area contributed by atoms with Crippen molar-refractivity contribution in [1.82, 2.24) is 4.57 Å². The molecule has 0 aliphatic heterocycles. The SMILES string of the molecule is CC1(C)c2ccccc2-c2ccc(N(c3ccc(-c4ccc(-c5ccc6c(c5)c5ccccc5n6-c5ccc(-c6ccccc6)cc5)cc4)cc3)c3ccc(-c4ccc5ccccc5c4)cc3)cc21. The molecule has 1 aliphatic carbocycles. The molecular formula is C67H48N2. The lowest BCUT2D eigenvalue weighted by Crippen LogP contribution is -2.16. The minimum absolute atomic E-state index is 0.107. The normalized spacial score (nSPS) is 12.6. The Hall–Kier alpha value is -8.72. The van der Waals surface area contributed by atoms with Crippen molar-refractivity contribution in [3.8, 4) is 61.3 Å². The van der Waals surface area contributed by atoms with E-state index < -0.39 is 0 Å². The molecule has 0 fully saturated rings. The predicted octanol–water partition coefficient (Wildman–Crippen LogP) is 18.4. The van der Waals surface area contributed by atoms with Crippen molar-refractivity contribution in [2.75, 3.05) is 4.90 Å². The molecule has 2 nitrogen and oxygen atoms in total. The smallest absolute Gasteiger partial charge is 0.0541 e. The Labute approximate surface area is 403 Å². The van der Waals surface area contributed by atoms with Gasteiger partial charge in [-0.25, -0.2) is 0 Å². The number of benzene rings is 11. The summed E-state index contributed by atoms with van der Waals surface area (Å²) in [6.45, 7) is 4.71. The first-order valence-electron chi connectivity index (χ1n) is 24.0. The Bertz CT molecular complexity index is 3880. The Morgan fingerprint density at radius 3 is 1.49 bits per heavy atom. The molecule has 1 aromatic heterocycles. The van der Waals surface area contributed by atoms with E-state index >= 15 is 0 Å². The quantitative estimate of drug-likeness (QED) is 0.148. The van der Waals surface area contributed by atoms with Crippen molar-refractivity contribution in [1.29, 1.82) is 0 Å². The fourth-order valence-corrected chi connectivity index (χ4v) is 11.0. The molecule has 13 rings (SSSR count). The van der Waals surface area contributed by atoms with Gasteiger partial charge in [-0.3, -0.25) is 0 Å². The van der Waals surface area contributed by atoms with Gasteiger partial charge in [-0.1, -0.05) is 196 Å². The minimum atomic E-state index is -0.107. The number of hydrogen-bond acceptors (Lipinski definition) is 1. The number of nitrogens with zero attached hydrogens (tertiary/aromatic N) is 2. The van der Waals surface area contributed by atoms with Gasteiger partial charge in [0.15, 0.2) is 0 Å². The second-order valence-corrected chi connectivity index (χ2v) is 19.0. The molecule has 2 heteroatoms. The van der Waals surface area contributed by atoms with Crippen LogP contribution in [0.5, 0.6) is 0 Å². The summed E-state index contributed by atoms with van der Waals surface area (Å²) in [5.74, 6) is 0. The van der Waals surface area contributed by atoms with Gasteiger partial charge in [0, 0.05) is 38.9 Å². The van der Waals surface area contributed by atoms with Crippen LogP contribution in [0, 0.1) is 0 Å². The lowest BCUT2D eigenvalue weighted by atomic mass is 9.82. The summed E-state index contributed by atoms with van der Waals surface area (Å²) in [6, 6.07) is 93.6. The van der Waals surface area contributed by atoms with Crippen molar-refractivity contribution in [3.63, 3.8) is 0 Å². The Balaban J connectivity index is 0.820. The van der Waals surface area contributed by atoms with Gasteiger partial charge in [0.25, 0.3) is 0 Å². The maximum Gasteiger partial charge on any atom is 0.0541 e. The van der Waals surface area contributed by atoms with Crippen LogP contribution in [0.25, 0.3) is 93.9 Å². The van der Waals surface area contributed by atoms with Crippen LogP contribution in [0.3, 0.4) is 0 Å². The number of anilines is 3. The van der Waals surface area contributed by atoms with E-state index in [1.54, 1.807) is 0 Å². The van der Waals surface area contributed by atoms with Crippen LogP contribution in [0.1, 0.15) is 25.0 Å². The third-order valence-electron chi connectivity index (χ3n) is 14.6. The molecule has 0 amide bonds. The number of hydrogen-bond donors (Lipinski definition) is 0. The first kappa shape index (κ1) is 40.5. The molecule has 0 atom stereocenters. The highest BCUT2D eigenvalue weighted by Crippen LogP contribution is 2.51. The van der Waals surface area contributed by atoms with Gasteiger partial charge in [-0.2, -0.15) is 0 Å². The minimum Gasteiger partial charge on any atom is -0.310 e. The van der Waals surface area contributed by atoms with E-state index in [-0.39, 0.29) is 5.41 Å². The molecule has 0 spiro atoms. The zero-order valence-corrected chi connectivity index (χ0v) is 38.6. The number of para-hydroxylation sites is 1. The summed E-state index contributed by atoms with van der Waals surface area (Å²) < 4.78 is 2.39. The molecule has 0 unspecified atom stereocenters. The first-order chi connectivity index (χ1) is 33.9. The van der Waals surface area contributed by atoms with Gasteiger partial charge in [0.1, 0.15) is 0 Å². The van der Waals surface area contributed by atoms with E-state index in [4.69, 9.17) is 0 Å². The van der Waals surface area contributed by atoms with Crippen LogP contribution in [-0.4, -0.2) is 4.57 Å². The standard InChI is InChI=1S/C67H48N2/c1-67(2)63-18-10-8-16-59(63)60-40-39-58(44-64(60)67)68(56-35-30-51(31-36-56)53-25-24-46-14-6-7-15-52(46)42-53)55-33-26-49(27-34-55)47-20-22-50(23-21-47)54-32-41-66-62(43-54)61-17-9-11-19-65(61)69(66)57-37-28-48(29-38-57)45-12-4-3-5-13-45/h3-44H,1-2H3. The topological polar surface area (TPSA) is 8.17 Å². The second-order valence-electron chi connectivity index (χ2n) is 19.0. The summed E-state index contributed by atoms with van der Waals surface area (Å²) in [7, 11) is 0. The summed E-state index contributed by atoms with van der Waals surface area (Å²) in [4.78, 5) is 2.41. The molecule has 1 aliphatic rings. The van der Waals surface area contributed by atoms with Gasteiger partial charge >= 0.3 is 0 Å². The molecule has 12 aromatic rings. The maximum atomic E-state index is 2.41. The van der Waals surface area contributed by atoms with E-state index in [0.717, 1.165) is 22.7 Å². The van der Waals surface area contributed by atoms with Crippen molar-refractivity contribution < 1.29 is 0 Å². The summed E-state index contributed by atoms with van der Waals surface area (Å²) in [6.07, 6.45) is 0. The molecule has 0 saturated heterocycles. The highest BCUT2D eigenvalue weighted by atomic mass is 15.1.